The first-order chi connectivity index (χ1) is 9.15. The highest BCUT2D eigenvalue weighted by atomic mass is 16.5. The number of benzene rings is 1. The molecule has 19 heavy (non-hydrogen) atoms. The van der Waals surface area contributed by atoms with Crippen molar-refractivity contribution < 1.29 is 4.74 Å². The molecule has 0 spiro atoms. The second-order valence-corrected chi connectivity index (χ2v) is 5.96. The third kappa shape index (κ3) is 3.30. The SMILES string of the molecule is CCNC(C(C)C)C1CCc2ccc(OC)cc2C1. The van der Waals surface area contributed by atoms with E-state index in [4.69, 9.17) is 4.74 Å². The van der Waals surface area contributed by atoms with Gasteiger partial charge in [-0.2, -0.15) is 0 Å². The number of rotatable bonds is 5. The van der Waals surface area contributed by atoms with Gasteiger partial charge in [-0.3, -0.25) is 0 Å². The summed E-state index contributed by atoms with van der Waals surface area (Å²) in [6, 6.07) is 7.18. The predicted octanol–water partition coefficient (Wildman–Crippen LogP) is 3.43. The molecule has 1 aliphatic carbocycles. The van der Waals surface area contributed by atoms with Crippen molar-refractivity contribution in [3.05, 3.63) is 29.3 Å². The van der Waals surface area contributed by atoms with E-state index in [0.29, 0.717) is 12.0 Å². The first-order valence-corrected chi connectivity index (χ1v) is 7.54. The van der Waals surface area contributed by atoms with Crippen LogP contribution in [0.5, 0.6) is 5.75 Å². The number of aryl methyl sites for hydroxylation is 1. The number of fused-ring (bicyclic) bond motifs is 1. The molecule has 2 nitrogen and oxygen atoms in total. The van der Waals surface area contributed by atoms with Gasteiger partial charge in [0.05, 0.1) is 7.11 Å². The van der Waals surface area contributed by atoms with Gasteiger partial charge in [-0.1, -0.05) is 26.8 Å². The Morgan fingerprint density at radius 1 is 1.32 bits per heavy atom. The molecule has 2 rings (SSSR count). The van der Waals surface area contributed by atoms with Crippen LogP contribution < -0.4 is 10.1 Å². The van der Waals surface area contributed by atoms with E-state index in [1.165, 1.54) is 30.4 Å². The second kappa shape index (κ2) is 6.42. The minimum absolute atomic E-state index is 0.629. The van der Waals surface area contributed by atoms with Crippen LogP contribution in [0.2, 0.25) is 0 Å². The third-order valence-electron chi connectivity index (χ3n) is 4.35. The molecule has 1 aliphatic rings. The molecule has 2 unspecified atom stereocenters. The molecular weight excluding hydrogens is 234 g/mol. The lowest BCUT2D eigenvalue weighted by Crippen LogP contribution is -2.42. The molecule has 0 bridgehead atoms. The molecule has 1 aromatic rings. The number of nitrogens with one attached hydrogen (secondary N) is 1. The molecule has 0 aliphatic heterocycles. The highest BCUT2D eigenvalue weighted by molar-refractivity contribution is 5.37. The Labute approximate surface area is 117 Å². The normalized spacial score (nSPS) is 20.2. The molecule has 0 heterocycles. The number of hydrogen-bond acceptors (Lipinski definition) is 2. The van der Waals surface area contributed by atoms with E-state index in [9.17, 15) is 0 Å². The topological polar surface area (TPSA) is 21.3 Å². The van der Waals surface area contributed by atoms with Gasteiger partial charge in [-0.05, 0) is 60.9 Å². The Morgan fingerprint density at radius 2 is 2.11 bits per heavy atom. The molecule has 0 saturated carbocycles. The molecule has 0 saturated heterocycles. The van der Waals surface area contributed by atoms with E-state index < -0.39 is 0 Å². The molecule has 0 fully saturated rings. The maximum Gasteiger partial charge on any atom is 0.119 e. The van der Waals surface area contributed by atoms with Crippen molar-refractivity contribution in [3.63, 3.8) is 0 Å². The molecule has 2 atom stereocenters. The number of hydrogen-bond donors (Lipinski definition) is 1. The van der Waals surface area contributed by atoms with Gasteiger partial charge >= 0.3 is 0 Å². The van der Waals surface area contributed by atoms with Gasteiger partial charge in [0.25, 0.3) is 0 Å². The summed E-state index contributed by atoms with van der Waals surface area (Å²) in [7, 11) is 1.75. The average Bonchev–Trinajstić information content (AvgIpc) is 2.43. The van der Waals surface area contributed by atoms with E-state index in [1.54, 1.807) is 7.11 Å². The van der Waals surface area contributed by atoms with Crippen molar-refractivity contribution in [2.24, 2.45) is 11.8 Å². The molecule has 0 radical (unpaired) electrons. The van der Waals surface area contributed by atoms with Crippen LogP contribution in [0.3, 0.4) is 0 Å². The van der Waals surface area contributed by atoms with Crippen molar-refractivity contribution in [1.82, 2.24) is 5.32 Å². The van der Waals surface area contributed by atoms with Crippen LogP contribution in [0.4, 0.5) is 0 Å². The minimum atomic E-state index is 0.629. The van der Waals surface area contributed by atoms with Crippen molar-refractivity contribution in [3.8, 4) is 5.75 Å². The van der Waals surface area contributed by atoms with Gasteiger partial charge in [0, 0.05) is 6.04 Å². The van der Waals surface area contributed by atoms with Crippen LogP contribution >= 0.6 is 0 Å². The Kier molecular flexibility index (Phi) is 4.87. The summed E-state index contributed by atoms with van der Waals surface area (Å²) in [6.45, 7) is 7.92. The maximum absolute atomic E-state index is 5.36. The van der Waals surface area contributed by atoms with Crippen LogP contribution in [0.1, 0.15) is 38.3 Å². The van der Waals surface area contributed by atoms with Crippen LogP contribution in [-0.2, 0) is 12.8 Å². The second-order valence-electron chi connectivity index (χ2n) is 5.96. The van der Waals surface area contributed by atoms with Crippen LogP contribution in [0, 0.1) is 11.8 Å². The molecule has 1 aromatic carbocycles. The largest absolute Gasteiger partial charge is 0.497 e. The van der Waals surface area contributed by atoms with Crippen molar-refractivity contribution in [2.75, 3.05) is 13.7 Å². The van der Waals surface area contributed by atoms with Crippen molar-refractivity contribution in [1.29, 1.82) is 0 Å². The summed E-state index contributed by atoms with van der Waals surface area (Å²) < 4.78 is 5.36. The summed E-state index contributed by atoms with van der Waals surface area (Å²) in [4.78, 5) is 0. The van der Waals surface area contributed by atoms with Gasteiger partial charge < -0.3 is 10.1 Å². The zero-order chi connectivity index (χ0) is 13.8. The Morgan fingerprint density at radius 3 is 2.74 bits per heavy atom. The lowest BCUT2D eigenvalue weighted by molar-refractivity contribution is 0.262. The van der Waals surface area contributed by atoms with E-state index >= 15 is 0 Å². The maximum atomic E-state index is 5.36. The van der Waals surface area contributed by atoms with Crippen LogP contribution in [0.15, 0.2) is 18.2 Å². The van der Waals surface area contributed by atoms with Gasteiger partial charge in [-0.15, -0.1) is 0 Å². The van der Waals surface area contributed by atoms with Crippen molar-refractivity contribution in [2.45, 2.75) is 46.1 Å². The summed E-state index contributed by atoms with van der Waals surface area (Å²) in [5.74, 6) is 2.43. The molecule has 1 N–H and O–H groups in total. The zero-order valence-corrected chi connectivity index (χ0v) is 12.7. The van der Waals surface area contributed by atoms with Crippen LogP contribution in [0.25, 0.3) is 0 Å². The van der Waals surface area contributed by atoms with E-state index in [-0.39, 0.29) is 0 Å². The first-order valence-electron chi connectivity index (χ1n) is 7.54. The summed E-state index contributed by atoms with van der Waals surface area (Å²) >= 11 is 0. The van der Waals surface area contributed by atoms with Gasteiger partial charge in [0.15, 0.2) is 0 Å². The molecule has 2 heteroatoms. The van der Waals surface area contributed by atoms with Gasteiger partial charge in [-0.25, -0.2) is 0 Å². The fraction of sp³-hybridized carbons (Fsp3) is 0.647. The van der Waals surface area contributed by atoms with E-state index in [2.05, 4.69) is 44.3 Å². The zero-order valence-electron chi connectivity index (χ0n) is 12.7. The first kappa shape index (κ1) is 14.4. The van der Waals surface area contributed by atoms with Crippen LogP contribution in [-0.4, -0.2) is 19.7 Å². The highest BCUT2D eigenvalue weighted by Gasteiger charge is 2.27. The molecule has 0 aromatic heterocycles. The lowest BCUT2D eigenvalue weighted by Gasteiger charge is -2.34. The summed E-state index contributed by atoms with van der Waals surface area (Å²) in [5, 5.41) is 3.68. The molecule has 106 valence electrons. The van der Waals surface area contributed by atoms with Crippen molar-refractivity contribution >= 4 is 0 Å². The fourth-order valence-corrected chi connectivity index (χ4v) is 3.38. The Hall–Kier alpha value is -1.02. The van der Waals surface area contributed by atoms with E-state index in [0.717, 1.165) is 18.2 Å². The minimum Gasteiger partial charge on any atom is -0.497 e. The summed E-state index contributed by atoms with van der Waals surface area (Å²) in [5.41, 5.74) is 3.00. The van der Waals surface area contributed by atoms with Gasteiger partial charge in [0.1, 0.15) is 5.75 Å². The van der Waals surface area contributed by atoms with E-state index in [1.807, 2.05) is 0 Å². The standard InChI is InChI=1S/C17H27NO/c1-5-18-17(12(2)3)14-7-6-13-8-9-16(19-4)11-15(13)10-14/h8-9,11-12,14,17-18H,5-7,10H2,1-4H3. The Bertz CT molecular complexity index is 414. The average molecular weight is 261 g/mol. The predicted molar refractivity (Wildman–Crippen MR) is 80.8 cm³/mol. The monoisotopic (exact) mass is 261 g/mol. The molecular formula is C17H27NO. The quantitative estimate of drug-likeness (QED) is 0.876. The smallest absolute Gasteiger partial charge is 0.119 e. The lowest BCUT2D eigenvalue weighted by atomic mass is 9.77. The van der Waals surface area contributed by atoms with Gasteiger partial charge in [0.2, 0.25) is 0 Å². The highest BCUT2D eigenvalue weighted by Crippen LogP contribution is 2.32. The summed E-state index contributed by atoms with van der Waals surface area (Å²) in [6.07, 6.45) is 3.69. The third-order valence-corrected chi connectivity index (χ3v) is 4.35. The number of methoxy groups -OCH3 is 1. The fourth-order valence-electron chi connectivity index (χ4n) is 3.38. The Balaban J connectivity index is 2.15. The molecule has 0 amide bonds. The number of ether oxygens (including phenoxy) is 1.